The maximum absolute atomic E-state index is 12.0. The van der Waals surface area contributed by atoms with Gasteiger partial charge in [-0.2, -0.15) is 0 Å². The number of carbonyl (C=O) groups is 2. The second-order valence-electron chi connectivity index (χ2n) is 5.38. The Labute approximate surface area is 149 Å². The van der Waals surface area contributed by atoms with E-state index in [9.17, 15) is 9.59 Å². The topological polar surface area (TPSA) is 107 Å². The number of nitrogens with zero attached hydrogens (tertiary/aromatic N) is 2. The lowest BCUT2D eigenvalue weighted by Crippen LogP contribution is -2.20. The minimum atomic E-state index is -0.553. The van der Waals surface area contributed by atoms with E-state index in [0.717, 1.165) is 5.56 Å². The van der Waals surface area contributed by atoms with Gasteiger partial charge in [0.25, 0.3) is 5.91 Å². The molecule has 3 rings (SSSR count). The molecule has 2 aromatic carbocycles. The Morgan fingerprint density at radius 1 is 1.00 bits per heavy atom. The summed E-state index contributed by atoms with van der Waals surface area (Å²) in [7, 11) is 0. The summed E-state index contributed by atoms with van der Waals surface area (Å²) in [5.74, 6) is 0.136. The summed E-state index contributed by atoms with van der Waals surface area (Å²) >= 11 is 0. The molecule has 0 saturated heterocycles. The molecule has 0 fully saturated rings. The van der Waals surface area contributed by atoms with Crippen LogP contribution >= 0.6 is 0 Å². The molecular formula is C19H16N4O3. The molecule has 3 N–H and O–H groups in total. The van der Waals surface area contributed by atoms with Gasteiger partial charge in [-0.3, -0.25) is 9.59 Å². The first-order valence-electron chi connectivity index (χ1n) is 7.82. The molecule has 7 heteroatoms. The number of nitrogens with two attached hydrogens (primary N) is 1. The lowest BCUT2D eigenvalue weighted by atomic mass is 10.2. The van der Waals surface area contributed by atoms with Crippen LogP contribution in [-0.4, -0.2) is 28.4 Å². The number of amides is 2. The van der Waals surface area contributed by atoms with Crippen LogP contribution < -0.4 is 15.8 Å². The van der Waals surface area contributed by atoms with Crippen molar-refractivity contribution in [3.63, 3.8) is 0 Å². The van der Waals surface area contributed by atoms with Crippen molar-refractivity contribution in [2.24, 2.45) is 5.73 Å². The Morgan fingerprint density at radius 3 is 2.42 bits per heavy atom. The molecule has 130 valence electrons. The molecule has 1 heterocycles. The third-order valence-electron chi connectivity index (χ3n) is 3.48. The van der Waals surface area contributed by atoms with Gasteiger partial charge in [0.1, 0.15) is 5.75 Å². The fourth-order valence-corrected chi connectivity index (χ4v) is 2.24. The third-order valence-corrected chi connectivity index (χ3v) is 3.48. The molecule has 2 amide bonds. The van der Waals surface area contributed by atoms with Crippen LogP contribution in [0, 0.1) is 0 Å². The van der Waals surface area contributed by atoms with Gasteiger partial charge in [-0.05, 0) is 48.5 Å². The number of aromatic nitrogens is 2. The highest BCUT2D eigenvalue weighted by atomic mass is 16.5. The fraction of sp³-hybridized carbons (Fsp3) is 0.0526. The Balaban J connectivity index is 1.57. The van der Waals surface area contributed by atoms with Crippen molar-refractivity contribution in [2.45, 2.75) is 0 Å². The van der Waals surface area contributed by atoms with Gasteiger partial charge in [0.15, 0.2) is 12.4 Å². The van der Waals surface area contributed by atoms with E-state index >= 15 is 0 Å². The van der Waals surface area contributed by atoms with Gasteiger partial charge >= 0.3 is 0 Å². The zero-order chi connectivity index (χ0) is 18.4. The van der Waals surface area contributed by atoms with Crippen LogP contribution in [0.3, 0.4) is 0 Å². The van der Waals surface area contributed by atoms with Crippen LogP contribution in [0.15, 0.2) is 67.0 Å². The maximum Gasteiger partial charge on any atom is 0.262 e. The van der Waals surface area contributed by atoms with Crippen LogP contribution in [0.4, 0.5) is 5.69 Å². The molecular weight excluding hydrogens is 332 g/mol. The second kappa shape index (κ2) is 7.89. The smallest absolute Gasteiger partial charge is 0.262 e. The first kappa shape index (κ1) is 17.1. The molecule has 7 nitrogen and oxygen atoms in total. The van der Waals surface area contributed by atoms with E-state index in [1.165, 1.54) is 6.07 Å². The van der Waals surface area contributed by atoms with Crippen LogP contribution in [0.25, 0.3) is 11.4 Å². The molecule has 0 aliphatic carbocycles. The maximum atomic E-state index is 12.0. The third kappa shape index (κ3) is 4.41. The molecule has 0 aliphatic rings. The van der Waals surface area contributed by atoms with Crippen molar-refractivity contribution in [3.8, 4) is 17.1 Å². The van der Waals surface area contributed by atoms with Gasteiger partial charge in [-0.1, -0.05) is 6.07 Å². The monoisotopic (exact) mass is 348 g/mol. The van der Waals surface area contributed by atoms with E-state index < -0.39 is 5.91 Å². The summed E-state index contributed by atoms with van der Waals surface area (Å²) in [6, 6.07) is 15.3. The molecule has 0 radical (unpaired) electrons. The number of rotatable bonds is 6. The van der Waals surface area contributed by atoms with Crippen LogP contribution in [0.2, 0.25) is 0 Å². The number of primary amides is 1. The molecule has 0 spiro atoms. The molecule has 0 unspecified atom stereocenters. The summed E-state index contributed by atoms with van der Waals surface area (Å²) in [6.45, 7) is -0.189. The average molecular weight is 348 g/mol. The SMILES string of the molecule is NC(=O)c1cccc(OCC(=O)Nc2ccc(-c3ncccn3)cc2)c1. The molecule has 0 aliphatic heterocycles. The van der Waals surface area contributed by atoms with E-state index in [-0.39, 0.29) is 12.5 Å². The summed E-state index contributed by atoms with van der Waals surface area (Å²) in [6.07, 6.45) is 3.34. The van der Waals surface area contributed by atoms with Gasteiger partial charge in [0.2, 0.25) is 5.91 Å². The Bertz CT molecular complexity index is 912. The molecule has 3 aromatic rings. The number of benzene rings is 2. The van der Waals surface area contributed by atoms with Crippen molar-refractivity contribution in [1.82, 2.24) is 9.97 Å². The predicted molar refractivity (Wildman–Crippen MR) is 96.6 cm³/mol. The first-order valence-corrected chi connectivity index (χ1v) is 7.82. The largest absolute Gasteiger partial charge is 0.484 e. The van der Waals surface area contributed by atoms with Gasteiger partial charge in [-0.25, -0.2) is 9.97 Å². The van der Waals surface area contributed by atoms with Crippen molar-refractivity contribution in [2.75, 3.05) is 11.9 Å². The normalized spacial score (nSPS) is 10.2. The minimum absolute atomic E-state index is 0.189. The number of anilines is 1. The van der Waals surface area contributed by atoms with E-state index in [2.05, 4.69) is 15.3 Å². The van der Waals surface area contributed by atoms with E-state index in [1.807, 2.05) is 12.1 Å². The summed E-state index contributed by atoms with van der Waals surface area (Å²) in [5.41, 5.74) is 7.01. The Morgan fingerprint density at radius 2 is 1.73 bits per heavy atom. The lowest BCUT2D eigenvalue weighted by molar-refractivity contribution is -0.118. The highest BCUT2D eigenvalue weighted by molar-refractivity contribution is 5.93. The quantitative estimate of drug-likeness (QED) is 0.710. The molecule has 1 aromatic heterocycles. The molecule has 0 bridgehead atoms. The van der Waals surface area contributed by atoms with Crippen molar-refractivity contribution in [3.05, 3.63) is 72.6 Å². The van der Waals surface area contributed by atoms with Crippen LogP contribution in [0.5, 0.6) is 5.75 Å². The Hall–Kier alpha value is -3.74. The number of hydrogen-bond acceptors (Lipinski definition) is 5. The first-order chi connectivity index (χ1) is 12.6. The molecule has 0 saturated carbocycles. The molecule has 26 heavy (non-hydrogen) atoms. The van der Waals surface area contributed by atoms with Crippen LogP contribution in [0.1, 0.15) is 10.4 Å². The van der Waals surface area contributed by atoms with E-state index in [0.29, 0.717) is 22.8 Å². The van der Waals surface area contributed by atoms with E-state index in [4.69, 9.17) is 10.5 Å². The van der Waals surface area contributed by atoms with Gasteiger partial charge in [0, 0.05) is 29.2 Å². The highest BCUT2D eigenvalue weighted by Gasteiger charge is 2.07. The molecule has 0 atom stereocenters. The average Bonchev–Trinajstić information content (AvgIpc) is 2.68. The lowest BCUT2D eigenvalue weighted by Gasteiger charge is -2.08. The second-order valence-corrected chi connectivity index (χ2v) is 5.38. The number of carbonyl (C=O) groups excluding carboxylic acids is 2. The summed E-state index contributed by atoms with van der Waals surface area (Å²) < 4.78 is 5.38. The van der Waals surface area contributed by atoms with Crippen molar-refractivity contribution >= 4 is 17.5 Å². The number of nitrogens with one attached hydrogen (secondary N) is 1. The fourth-order valence-electron chi connectivity index (χ4n) is 2.24. The summed E-state index contributed by atoms with van der Waals surface area (Å²) in [4.78, 5) is 31.5. The van der Waals surface area contributed by atoms with Gasteiger partial charge in [0.05, 0.1) is 0 Å². The van der Waals surface area contributed by atoms with Gasteiger partial charge in [-0.15, -0.1) is 0 Å². The van der Waals surface area contributed by atoms with E-state index in [1.54, 1.807) is 48.8 Å². The highest BCUT2D eigenvalue weighted by Crippen LogP contribution is 2.17. The zero-order valence-corrected chi connectivity index (χ0v) is 13.8. The summed E-state index contributed by atoms with van der Waals surface area (Å²) in [5, 5.41) is 2.73. The van der Waals surface area contributed by atoms with Crippen molar-refractivity contribution < 1.29 is 14.3 Å². The number of ether oxygens (including phenoxy) is 1. The predicted octanol–water partition coefficient (Wildman–Crippen LogP) is 2.26. The van der Waals surface area contributed by atoms with Crippen LogP contribution in [-0.2, 0) is 4.79 Å². The Kier molecular flexibility index (Phi) is 5.19. The standard InChI is InChI=1S/C19H16N4O3/c20-18(25)14-3-1-4-16(11-14)26-12-17(24)23-15-7-5-13(6-8-15)19-21-9-2-10-22-19/h1-11H,12H2,(H2,20,25)(H,23,24). The zero-order valence-electron chi connectivity index (χ0n) is 13.8. The number of hydrogen-bond donors (Lipinski definition) is 2. The van der Waals surface area contributed by atoms with Gasteiger partial charge < -0.3 is 15.8 Å². The minimum Gasteiger partial charge on any atom is -0.484 e. The van der Waals surface area contributed by atoms with Crippen molar-refractivity contribution in [1.29, 1.82) is 0 Å².